The average molecular weight is 264 g/mol. The van der Waals surface area contributed by atoms with Crippen LogP contribution in [0.4, 0.5) is 5.82 Å². The predicted octanol–water partition coefficient (Wildman–Crippen LogP) is 3.00. The van der Waals surface area contributed by atoms with E-state index in [2.05, 4.69) is 28.3 Å². The number of aromatic nitrogens is 3. The van der Waals surface area contributed by atoms with Gasteiger partial charge in [-0.1, -0.05) is 12.1 Å². The molecule has 2 heterocycles. The predicted molar refractivity (Wildman–Crippen MR) is 81.1 cm³/mol. The van der Waals surface area contributed by atoms with E-state index < -0.39 is 0 Å². The van der Waals surface area contributed by atoms with Crippen molar-refractivity contribution < 1.29 is 0 Å². The van der Waals surface area contributed by atoms with E-state index in [-0.39, 0.29) is 0 Å². The van der Waals surface area contributed by atoms with Crippen molar-refractivity contribution in [2.24, 2.45) is 0 Å². The van der Waals surface area contributed by atoms with Crippen molar-refractivity contribution in [1.29, 1.82) is 0 Å². The van der Waals surface area contributed by atoms with E-state index in [1.54, 1.807) is 6.20 Å². The summed E-state index contributed by atoms with van der Waals surface area (Å²) in [7, 11) is 3.97. The van der Waals surface area contributed by atoms with E-state index in [0.29, 0.717) is 0 Å². The van der Waals surface area contributed by atoms with E-state index in [9.17, 15) is 0 Å². The molecule has 4 heteroatoms. The molecule has 0 fully saturated rings. The quantitative estimate of drug-likeness (QED) is 0.729. The number of nitrogens with zero attached hydrogens (tertiary/aromatic N) is 4. The first-order chi connectivity index (χ1) is 9.74. The molecular weight excluding hydrogens is 248 g/mol. The minimum absolute atomic E-state index is 0.956. The first-order valence-corrected chi connectivity index (χ1v) is 6.48. The van der Waals surface area contributed by atoms with Gasteiger partial charge in [-0.25, -0.2) is 9.67 Å². The molecule has 0 aliphatic heterocycles. The van der Waals surface area contributed by atoms with Crippen molar-refractivity contribution >= 4 is 5.82 Å². The first kappa shape index (κ1) is 12.4. The molecule has 0 bridgehead atoms. The molecule has 0 aliphatic rings. The number of hydrogen-bond donors (Lipinski definition) is 0. The van der Waals surface area contributed by atoms with E-state index in [0.717, 1.165) is 22.6 Å². The molecule has 0 radical (unpaired) electrons. The average Bonchev–Trinajstić information content (AvgIpc) is 3.02. The van der Waals surface area contributed by atoms with Gasteiger partial charge >= 0.3 is 0 Å². The van der Waals surface area contributed by atoms with Gasteiger partial charge in [0.2, 0.25) is 0 Å². The molecule has 0 amide bonds. The lowest BCUT2D eigenvalue weighted by atomic mass is 10.1. The Balaban J connectivity index is 1.96. The van der Waals surface area contributed by atoms with Gasteiger partial charge in [-0.15, -0.1) is 0 Å². The van der Waals surface area contributed by atoms with Crippen molar-refractivity contribution in [1.82, 2.24) is 14.8 Å². The summed E-state index contributed by atoms with van der Waals surface area (Å²) in [6, 6.07) is 14.3. The molecule has 0 saturated carbocycles. The third-order valence-corrected chi connectivity index (χ3v) is 3.15. The maximum Gasteiger partial charge on any atom is 0.127 e. The summed E-state index contributed by atoms with van der Waals surface area (Å²) >= 11 is 0. The lowest BCUT2D eigenvalue weighted by Gasteiger charge is -2.11. The normalized spacial score (nSPS) is 10.5. The fourth-order valence-corrected chi connectivity index (χ4v) is 2.07. The van der Waals surface area contributed by atoms with Gasteiger partial charge in [-0.3, -0.25) is 0 Å². The van der Waals surface area contributed by atoms with Crippen LogP contribution in [0.3, 0.4) is 0 Å². The number of rotatable bonds is 3. The zero-order valence-electron chi connectivity index (χ0n) is 11.6. The van der Waals surface area contributed by atoms with Crippen molar-refractivity contribution in [2.45, 2.75) is 0 Å². The van der Waals surface area contributed by atoms with Gasteiger partial charge in [-0.05, 0) is 35.9 Å². The second-order valence-electron chi connectivity index (χ2n) is 4.80. The monoisotopic (exact) mass is 264 g/mol. The highest BCUT2D eigenvalue weighted by Crippen LogP contribution is 2.22. The molecular formula is C16H16N4. The molecule has 3 aromatic rings. The Hall–Kier alpha value is -2.62. The van der Waals surface area contributed by atoms with E-state index in [1.165, 1.54) is 0 Å². The van der Waals surface area contributed by atoms with Crippen molar-refractivity contribution in [3.63, 3.8) is 0 Å². The summed E-state index contributed by atoms with van der Waals surface area (Å²) in [6.45, 7) is 0. The molecule has 20 heavy (non-hydrogen) atoms. The summed E-state index contributed by atoms with van der Waals surface area (Å²) in [6.07, 6.45) is 5.62. The fourth-order valence-electron chi connectivity index (χ4n) is 2.07. The maximum atomic E-state index is 4.45. The molecule has 0 N–H and O–H groups in total. The van der Waals surface area contributed by atoms with Gasteiger partial charge in [0.05, 0.1) is 5.69 Å². The molecule has 3 rings (SSSR count). The largest absolute Gasteiger partial charge is 0.363 e. The number of hydrogen-bond acceptors (Lipinski definition) is 3. The minimum Gasteiger partial charge on any atom is -0.363 e. The third kappa shape index (κ3) is 2.40. The third-order valence-electron chi connectivity index (χ3n) is 3.15. The van der Waals surface area contributed by atoms with Crippen LogP contribution in [0.5, 0.6) is 0 Å². The van der Waals surface area contributed by atoms with Crippen LogP contribution in [0.15, 0.2) is 61.1 Å². The molecule has 0 spiro atoms. The Morgan fingerprint density at radius 2 is 1.90 bits per heavy atom. The lowest BCUT2D eigenvalue weighted by molar-refractivity contribution is 0.881. The van der Waals surface area contributed by atoms with E-state index in [4.69, 9.17) is 0 Å². The van der Waals surface area contributed by atoms with Crippen LogP contribution >= 0.6 is 0 Å². The van der Waals surface area contributed by atoms with Crippen LogP contribution in [0.25, 0.3) is 16.8 Å². The van der Waals surface area contributed by atoms with E-state index >= 15 is 0 Å². The molecule has 2 aromatic heterocycles. The maximum absolute atomic E-state index is 4.45. The van der Waals surface area contributed by atoms with Crippen molar-refractivity contribution in [3.8, 4) is 16.8 Å². The zero-order valence-corrected chi connectivity index (χ0v) is 11.6. The zero-order chi connectivity index (χ0) is 13.9. The molecule has 100 valence electrons. The molecule has 0 saturated heterocycles. The summed E-state index contributed by atoms with van der Waals surface area (Å²) in [4.78, 5) is 6.44. The first-order valence-electron chi connectivity index (χ1n) is 6.48. The number of anilines is 1. The van der Waals surface area contributed by atoms with Crippen LogP contribution in [0.2, 0.25) is 0 Å². The topological polar surface area (TPSA) is 34.0 Å². The van der Waals surface area contributed by atoms with Gasteiger partial charge in [0.1, 0.15) is 5.82 Å². The summed E-state index contributed by atoms with van der Waals surface area (Å²) in [5.74, 6) is 0.956. The van der Waals surface area contributed by atoms with Crippen molar-refractivity contribution in [3.05, 3.63) is 61.1 Å². The van der Waals surface area contributed by atoms with Crippen LogP contribution in [0.1, 0.15) is 0 Å². The van der Waals surface area contributed by atoms with Crippen LogP contribution in [-0.2, 0) is 0 Å². The highest BCUT2D eigenvalue weighted by molar-refractivity contribution is 5.66. The fraction of sp³-hybridized carbons (Fsp3) is 0.125. The van der Waals surface area contributed by atoms with Crippen LogP contribution < -0.4 is 4.90 Å². The summed E-state index contributed by atoms with van der Waals surface area (Å²) in [5, 5.41) is 4.25. The SMILES string of the molecule is CN(C)c1ccc(-c2cccc(-n3cccn3)c2)cn1. The van der Waals surface area contributed by atoms with Gasteiger partial charge in [0.25, 0.3) is 0 Å². The Bertz CT molecular complexity index is 685. The standard InChI is InChI=1S/C16H16N4/c1-19(2)16-8-7-14(12-17-16)13-5-3-6-15(11-13)20-10-4-9-18-20/h3-12H,1-2H3. The van der Waals surface area contributed by atoms with Crippen LogP contribution in [-0.4, -0.2) is 28.9 Å². The molecule has 1 aromatic carbocycles. The molecule has 0 aliphatic carbocycles. The number of pyridine rings is 1. The van der Waals surface area contributed by atoms with Gasteiger partial charge in [-0.2, -0.15) is 5.10 Å². The molecule has 0 atom stereocenters. The molecule has 4 nitrogen and oxygen atoms in total. The number of benzene rings is 1. The van der Waals surface area contributed by atoms with Crippen LogP contribution in [0, 0.1) is 0 Å². The van der Waals surface area contributed by atoms with Gasteiger partial charge in [0.15, 0.2) is 0 Å². The summed E-state index contributed by atoms with van der Waals surface area (Å²) < 4.78 is 1.85. The smallest absolute Gasteiger partial charge is 0.127 e. The Morgan fingerprint density at radius 3 is 2.55 bits per heavy atom. The Morgan fingerprint density at radius 1 is 1.00 bits per heavy atom. The summed E-state index contributed by atoms with van der Waals surface area (Å²) in [5.41, 5.74) is 3.28. The second kappa shape index (κ2) is 5.17. The van der Waals surface area contributed by atoms with E-state index in [1.807, 2.05) is 60.3 Å². The lowest BCUT2D eigenvalue weighted by Crippen LogP contribution is -2.09. The highest BCUT2D eigenvalue weighted by atomic mass is 15.3. The Labute approximate surface area is 118 Å². The Kier molecular flexibility index (Phi) is 3.21. The van der Waals surface area contributed by atoms with Crippen molar-refractivity contribution in [2.75, 3.05) is 19.0 Å². The van der Waals surface area contributed by atoms with Gasteiger partial charge < -0.3 is 4.90 Å². The minimum atomic E-state index is 0.956. The molecule has 0 unspecified atom stereocenters. The second-order valence-corrected chi connectivity index (χ2v) is 4.80. The highest BCUT2D eigenvalue weighted by Gasteiger charge is 2.03. The van der Waals surface area contributed by atoms with Gasteiger partial charge in [0, 0.05) is 38.2 Å².